The normalized spacial score (nSPS) is 22.9. The molecule has 6 heterocycles. The third-order valence-corrected chi connectivity index (χ3v) is 12.5. The van der Waals surface area contributed by atoms with Crippen molar-refractivity contribution in [2.45, 2.75) is 94.7 Å². The van der Waals surface area contributed by atoms with Crippen LogP contribution in [0.25, 0.3) is 16.7 Å². The number of amides is 3. The Balaban J connectivity index is 0.900. The van der Waals surface area contributed by atoms with Gasteiger partial charge in [-0.25, -0.2) is 19.2 Å². The number of hydrogen-bond donors (Lipinski definition) is 3. The fourth-order valence-electron chi connectivity index (χ4n) is 9.35. The maximum Gasteiger partial charge on any atom is 0.434 e. The molecule has 2 aliphatic heterocycles. The van der Waals surface area contributed by atoms with Gasteiger partial charge in [0.05, 0.1) is 52.6 Å². The predicted molar refractivity (Wildman–Crippen MR) is 217 cm³/mol. The number of hydrogen-bond acceptors (Lipinski definition) is 10. The average molecular weight is 849 g/mol. The number of anilines is 2. The topological polar surface area (TPSA) is 172 Å². The summed E-state index contributed by atoms with van der Waals surface area (Å²) in [6.07, 6.45) is 3.48. The number of aromatic nitrogens is 6. The lowest BCUT2D eigenvalue weighted by molar-refractivity contribution is -0.141. The molecule has 3 aliphatic rings. The molecule has 2 saturated heterocycles. The molecule has 0 spiro atoms. The minimum atomic E-state index is -4.78. The molecule has 3 atom stereocenters. The van der Waals surface area contributed by atoms with Crippen LogP contribution in [0.15, 0.2) is 53.8 Å². The standard InChI is InChI=1S/C42H48F4N10O5/c1-41(2,61)25-16-35-49-28(21-55(35)22-29(25)50-38(58)27-17-47-18-34(48-27)42(44,45)46)24-10-8-23(9-11-24)19-52(3)30-14-15-54(20-26(30)43)31-6-5-7-32-37(31)53(4)40(60)56(32)33-12-13-36(57)51-39(33)59/h5-7,16-18,21-24,26,30,33,61H,8-15,19-20H2,1-4H3,(H,50,58)(H,51,57,59)/t23?,24?,26-,30+,33?/m0/s1. The molecular formula is C42H48F4N10O5. The second-order valence-electron chi connectivity index (χ2n) is 17.1. The predicted octanol–water partition coefficient (Wildman–Crippen LogP) is 5.08. The number of imidazole rings is 2. The van der Waals surface area contributed by atoms with Crippen molar-refractivity contribution in [3.05, 3.63) is 82.2 Å². The Labute approximate surface area is 347 Å². The van der Waals surface area contributed by atoms with Crippen LogP contribution in [0.5, 0.6) is 0 Å². The van der Waals surface area contributed by atoms with Crippen LogP contribution in [0, 0.1) is 5.92 Å². The highest BCUT2D eigenvalue weighted by Gasteiger charge is 2.37. The van der Waals surface area contributed by atoms with Crippen LogP contribution in [-0.2, 0) is 28.4 Å². The number of pyridine rings is 1. The number of carbonyl (C=O) groups is 3. The summed E-state index contributed by atoms with van der Waals surface area (Å²) in [4.78, 5) is 66.9. The summed E-state index contributed by atoms with van der Waals surface area (Å²) < 4.78 is 60.5. The van der Waals surface area contributed by atoms with E-state index < -0.39 is 47.2 Å². The van der Waals surface area contributed by atoms with Crippen LogP contribution in [0.1, 0.15) is 98.2 Å². The second kappa shape index (κ2) is 16.0. The molecule has 1 aliphatic carbocycles. The van der Waals surface area contributed by atoms with Crippen molar-refractivity contribution in [2.24, 2.45) is 13.0 Å². The van der Waals surface area contributed by atoms with Crippen LogP contribution in [0.4, 0.5) is 28.9 Å². The lowest BCUT2D eigenvalue weighted by Crippen LogP contribution is -2.52. The number of piperidine rings is 2. The first-order valence-electron chi connectivity index (χ1n) is 20.5. The lowest BCUT2D eigenvalue weighted by atomic mass is 9.80. The summed E-state index contributed by atoms with van der Waals surface area (Å²) in [6, 6.07) is 6.01. The fourth-order valence-corrected chi connectivity index (χ4v) is 9.35. The number of benzene rings is 1. The van der Waals surface area contributed by atoms with Gasteiger partial charge in [-0.15, -0.1) is 0 Å². The van der Waals surface area contributed by atoms with Gasteiger partial charge in [0.15, 0.2) is 5.69 Å². The van der Waals surface area contributed by atoms with Gasteiger partial charge in [0.2, 0.25) is 11.8 Å². The van der Waals surface area contributed by atoms with E-state index in [2.05, 4.69) is 25.5 Å². The number of para-hydroxylation sites is 1. The van der Waals surface area contributed by atoms with Crippen LogP contribution in [0.3, 0.4) is 0 Å². The van der Waals surface area contributed by atoms with E-state index in [0.717, 1.165) is 49.8 Å². The summed E-state index contributed by atoms with van der Waals surface area (Å²) in [5, 5.41) is 15.9. The molecule has 1 unspecified atom stereocenters. The van der Waals surface area contributed by atoms with Crippen molar-refractivity contribution < 1.29 is 37.1 Å². The zero-order valence-corrected chi connectivity index (χ0v) is 34.2. The van der Waals surface area contributed by atoms with Gasteiger partial charge in [-0.2, -0.15) is 13.2 Å². The van der Waals surface area contributed by atoms with Crippen molar-refractivity contribution in [2.75, 3.05) is 36.9 Å². The van der Waals surface area contributed by atoms with E-state index in [0.29, 0.717) is 47.3 Å². The first-order valence-corrected chi connectivity index (χ1v) is 20.5. The maximum atomic E-state index is 16.1. The van der Waals surface area contributed by atoms with Crippen molar-refractivity contribution >= 4 is 45.8 Å². The molecule has 4 aromatic heterocycles. The van der Waals surface area contributed by atoms with Crippen LogP contribution >= 0.6 is 0 Å². The number of nitrogens with one attached hydrogen (secondary N) is 2. The Morgan fingerprint density at radius 2 is 1.79 bits per heavy atom. The molecule has 5 aromatic rings. The maximum absolute atomic E-state index is 16.1. The molecule has 3 N–H and O–H groups in total. The number of nitrogens with zero attached hydrogens (tertiary/aromatic N) is 8. The Bertz CT molecular complexity index is 2570. The zero-order chi connectivity index (χ0) is 43.5. The van der Waals surface area contributed by atoms with Gasteiger partial charge in [-0.3, -0.25) is 33.8 Å². The van der Waals surface area contributed by atoms with E-state index in [1.807, 2.05) is 24.2 Å². The first kappa shape index (κ1) is 42.0. The lowest BCUT2D eigenvalue weighted by Gasteiger charge is -2.42. The number of aryl methyl sites for hydroxylation is 1. The quantitative estimate of drug-likeness (QED) is 0.134. The first-order chi connectivity index (χ1) is 28.9. The summed E-state index contributed by atoms with van der Waals surface area (Å²) in [7, 11) is 3.62. The van der Waals surface area contributed by atoms with Gasteiger partial charge in [0.1, 0.15) is 23.6 Å². The Morgan fingerprint density at radius 3 is 2.48 bits per heavy atom. The molecule has 0 radical (unpaired) electrons. The van der Waals surface area contributed by atoms with Gasteiger partial charge in [-0.1, -0.05) is 6.07 Å². The number of alkyl halides is 4. The molecule has 1 aromatic carbocycles. The van der Waals surface area contributed by atoms with Crippen molar-refractivity contribution in [3.63, 3.8) is 0 Å². The largest absolute Gasteiger partial charge is 0.434 e. The van der Waals surface area contributed by atoms with Gasteiger partial charge in [0.25, 0.3) is 5.91 Å². The molecular weight excluding hydrogens is 801 g/mol. The number of halogens is 4. The molecule has 0 bridgehead atoms. The highest BCUT2D eigenvalue weighted by molar-refractivity contribution is 6.03. The summed E-state index contributed by atoms with van der Waals surface area (Å²) >= 11 is 0. The highest BCUT2D eigenvalue weighted by atomic mass is 19.4. The second-order valence-corrected chi connectivity index (χ2v) is 17.1. The van der Waals surface area contributed by atoms with E-state index in [-0.39, 0.29) is 48.6 Å². The van der Waals surface area contributed by atoms with Crippen molar-refractivity contribution in [1.29, 1.82) is 0 Å². The summed E-state index contributed by atoms with van der Waals surface area (Å²) in [5.74, 6) is -1.29. The monoisotopic (exact) mass is 848 g/mol. The highest BCUT2D eigenvalue weighted by Crippen LogP contribution is 2.38. The molecule has 3 amide bonds. The zero-order valence-electron chi connectivity index (χ0n) is 34.2. The number of aliphatic hydroxyl groups is 1. The molecule has 3 fully saturated rings. The van der Waals surface area contributed by atoms with Crippen molar-refractivity contribution in [3.8, 4) is 0 Å². The molecule has 19 heteroatoms. The molecule has 8 rings (SSSR count). The van der Waals surface area contributed by atoms with E-state index in [9.17, 15) is 37.5 Å². The van der Waals surface area contributed by atoms with E-state index in [4.69, 9.17) is 4.98 Å². The van der Waals surface area contributed by atoms with Gasteiger partial charge >= 0.3 is 11.9 Å². The minimum absolute atomic E-state index is 0.140. The van der Waals surface area contributed by atoms with Crippen LogP contribution in [0.2, 0.25) is 0 Å². The Morgan fingerprint density at radius 1 is 1.03 bits per heavy atom. The van der Waals surface area contributed by atoms with Crippen LogP contribution in [-0.4, -0.2) is 95.1 Å². The third kappa shape index (κ3) is 8.24. The Hall–Kier alpha value is -5.69. The molecule has 1 saturated carbocycles. The van der Waals surface area contributed by atoms with Gasteiger partial charge < -0.3 is 24.6 Å². The molecule has 15 nitrogen and oxygen atoms in total. The molecule has 61 heavy (non-hydrogen) atoms. The third-order valence-electron chi connectivity index (χ3n) is 12.5. The van der Waals surface area contributed by atoms with E-state index >= 15 is 4.39 Å². The average Bonchev–Trinajstić information content (AvgIpc) is 3.74. The summed E-state index contributed by atoms with van der Waals surface area (Å²) in [5.41, 5.74) is 0.162. The van der Waals surface area contributed by atoms with Crippen LogP contribution < -0.4 is 21.2 Å². The van der Waals surface area contributed by atoms with E-state index in [1.54, 1.807) is 35.8 Å². The number of rotatable bonds is 9. The number of fused-ring (bicyclic) bond motifs is 2. The smallest absolute Gasteiger partial charge is 0.386 e. The van der Waals surface area contributed by atoms with Gasteiger partial charge in [0, 0.05) is 56.5 Å². The number of imide groups is 1. The number of carbonyl (C=O) groups excluding carboxylic acids is 3. The fraction of sp³-hybridized carbons (Fsp3) is 0.500. The summed E-state index contributed by atoms with van der Waals surface area (Å²) in [6.45, 7) is 4.52. The minimum Gasteiger partial charge on any atom is -0.386 e. The Kier molecular flexibility index (Phi) is 11.0. The van der Waals surface area contributed by atoms with Gasteiger partial charge in [-0.05, 0) is 83.5 Å². The van der Waals surface area contributed by atoms with Crippen molar-refractivity contribution in [1.82, 2.24) is 38.7 Å². The SMILES string of the molecule is CN(CC1CCC(c2cn3cc(NC(=O)c4cncc(C(F)(F)F)n4)c(C(C)(C)O)cc3n2)CC1)[C@@H]1CCN(c2cccc3c2n(C)c(=O)n3C2CCC(=O)NC2=O)C[C@@H]1F. The molecule has 324 valence electrons. The van der Waals surface area contributed by atoms with E-state index in [1.165, 1.54) is 23.0 Å².